The van der Waals surface area contributed by atoms with Crippen molar-refractivity contribution in [2.45, 2.75) is 18.9 Å². The minimum Gasteiger partial charge on any atom is -0.377 e. The number of nitriles is 1. The quantitative estimate of drug-likeness (QED) is 0.925. The van der Waals surface area contributed by atoms with Crippen LogP contribution in [0.3, 0.4) is 0 Å². The smallest absolute Gasteiger partial charge is 0.321 e. The molecule has 0 radical (unpaired) electrons. The zero-order valence-corrected chi connectivity index (χ0v) is 13.2. The summed E-state index contributed by atoms with van der Waals surface area (Å²) in [6.07, 6.45) is 2.66. The molecular formula is C17H22N4O2. The van der Waals surface area contributed by atoms with Crippen molar-refractivity contribution in [1.82, 2.24) is 9.80 Å². The van der Waals surface area contributed by atoms with Crippen LogP contribution in [0, 0.1) is 11.3 Å². The number of amides is 2. The molecule has 2 amide bonds. The molecule has 6 nitrogen and oxygen atoms in total. The second-order valence-electron chi connectivity index (χ2n) is 6.01. The van der Waals surface area contributed by atoms with Crippen LogP contribution in [0.5, 0.6) is 0 Å². The molecule has 1 aromatic rings. The van der Waals surface area contributed by atoms with E-state index in [2.05, 4.69) is 16.3 Å². The third kappa shape index (κ3) is 4.01. The Morgan fingerprint density at radius 3 is 2.78 bits per heavy atom. The molecule has 1 N–H and O–H groups in total. The number of nitrogens with one attached hydrogen (secondary N) is 1. The Kier molecular flexibility index (Phi) is 5.11. The fourth-order valence-electron chi connectivity index (χ4n) is 3.09. The number of para-hydroxylation sites is 1. The average Bonchev–Trinajstić information content (AvgIpc) is 3.09. The molecule has 2 fully saturated rings. The summed E-state index contributed by atoms with van der Waals surface area (Å²) in [6, 6.07) is 9.02. The zero-order chi connectivity index (χ0) is 16.1. The summed E-state index contributed by atoms with van der Waals surface area (Å²) in [6.45, 7) is 4.99. The minimum absolute atomic E-state index is 0.135. The number of anilines is 1. The number of piperazine rings is 1. The molecule has 122 valence electrons. The summed E-state index contributed by atoms with van der Waals surface area (Å²) < 4.78 is 5.67. The highest BCUT2D eigenvalue weighted by molar-refractivity contribution is 5.90. The monoisotopic (exact) mass is 314 g/mol. The number of hydrogen-bond acceptors (Lipinski definition) is 4. The van der Waals surface area contributed by atoms with Gasteiger partial charge < -0.3 is 15.0 Å². The second-order valence-corrected chi connectivity index (χ2v) is 6.01. The van der Waals surface area contributed by atoms with Crippen LogP contribution in [0.25, 0.3) is 0 Å². The van der Waals surface area contributed by atoms with Gasteiger partial charge in [-0.3, -0.25) is 4.90 Å². The molecule has 2 heterocycles. The standard InChI is InChI=1S/C17H22N4O2/c18-12-14-4-1-2-6-16(14)19-17(22)21-9-7-20(8-10-21)13-15-5-3-11-23-15/h1-2,4,6,15H,3,5,7-11,13H2,(H,19,22). The molecule has 1 unspecified atom stereocenters. The first-order valence-corrected chi connectivity index (χ1v) is 8.15. The van der Waals surface area contributed by atoms with Crippen molar-refractivity contribution in [3.63, 3.8) is 0 Å². The highest BCUT2D eigenvalue weighted by atomic mass is 16.5. The summed E-state index contributed by atoms with van der Waals surface area (Å²) in [5.74, 6) is 0. The van der Waals surface area contributed by atoms with Crippen molar-refractivity contribution < 1.29 is 9.53 Å². The van der Waals surface area contributed by atoms with E-state index in [-0.39, 0.29) is 6.03 Å². The summed E-state index contributed by atoms with van der Waals surface area (Å²) in [4.78, 5) is 16.5. The van der Waals surface area contributed by atoms with Gasteiger partial charge in [-0.05, 0) is 25.0 Å². The van der Waals surface area contributed by atoms with Crippen LogP contribution in [0.15, 0.2) is 24.3 Å². The Balaban J connectivity index is 1.49. The lowest BCUT2D eigenvalue weighted by molar-refractivity contribution is 0.0572. The average molecular weight is 314 g/mol. The number of carbonyl (C=O) groups is 1. The predicted molar refractivity (Wildman–Crippen MR) is 87.2 cm³/mol. The molecule has 6 heteroatoms. The lowest BCUT2D eigenvalue weighted by Crippen LogP contribution is -2.51. The Morgan fingerprint density at radius 1 is 1.30 bits per heavy atom. The van der Waals surface area contributed by atoms with Crippen LogP contribution in [0.1, 0.15) is 18.4 Å². The van der Waals surface area contributed by atoms with Gasteiger partial charge in [-0.25, -0.2) is 4.79 Å². The molecule has 0 bridgehead atoms. The number of benzene rings is 1. The van der Waals surface area contributed by atoms with Gasteiger partial charge in [0.05, 0.1) is 17.4 Å². The minimum atomic E-state index is -0.135. The van der Waals surface area contributed by atoms with Gasteiger partial charge in [-0.15, -0.1) is 0 Å². The van der Waals surface area contributed by atoms with E-state index in [0.29, 0.717) is 30.4 Å². The molecule has 2 aliphatic rings. The van der Waals surface area contributed by atoms with Crippen LogP contribution in [0.2, 0.25) is 0 Å². The number of hydrogen-bond donors (Lipinski definition) is 1. The van der Waals surface area contributed by atoms with Gasteiger partial charge in [-0.2, -0.15) is 5.26 Å². The second kappa shape index (κ2) is 7.44. The van der Waals surface area contributed by atoms with E-state index < -0.39 is 0 Å². The first-order valence-electron chi connectivity index (χ1n) is 8.15. The van der Waals surface area contributed by atoms with Crippen molar-refractivity contribution in [2.24, 2.45) is 0 Å². The highest BCUT2D eigenvalue weighted by Gasteiger charge is 2.25. The predicted octanol–water partition coefficient (Wildman–Crippen LogP) is 1.89. The summed E-state index contributed by atoms with van der Waals surface area (Å²) in [7, 11) is 0. The van der Waals surface area contributed by atoms with Gasteiger partial charge >= 0.3 is 6.03 Å². The maximum Gasteiger partial charge on any atom is 0.321 e. The number of nitrogens with zero attached hydrogens (tertiary/aromatic N) is 3. The molecule has 2 aliphatic heterocycles. The third-order valence-corrected chi connectivity index (χ3v) is 4.43. The van der Waals surface area contributed by atoms with E-state index in [9.17, 15) is 4.79 Å². The molecule has 3 rings (SSSR count). The van der Waals surface area contributed by atoms with E-state index >= 15 is 0 Å². The Hall–Kier alpha value is -2.10. The van der Waals surface area contributed by atoms with Crippen molar-refractivity contribution in [1.29, 1.82) is 5.26 Å². The number of urea groups is 1. The van der Waals surface area contributed by atoms with Crippen molar-refractivity contribution >= 4 is 11.7 Å². The van der Waals surface area contributed by atoms with Crippen molar-refractivity contribution in [3.05, 3.63) is 29.8 Å². The Bertz CT molecular complexity index is 585. The molecule has 0 aromatic heterocycles. The largest absolute Gasteiger partial charge is 0.377 e. The van der Waals surface area contributed by atoms with Crippen LogP contribution in [0.4, 0.5) is 10.5 Å². The topological polar surface area (TPSA) is 68.6 Å². The van der Waals surface area contributed by atoms with Crippen LogP contribution in [-0.2, 0) is 4.74 Å². The summed E-state index contributed by atoms with van der Waals surface area (Å²) in [5.41, 5.74) is 1.06. The maximum absolute atomic E-state index is 12.3. The van der Waals surface area contributed by atoms with Gasteiger partial charge in [0.15, 0.2) is 0 Å². The maximum atomic E-state index is 12.3. The van der Waals surface area contributed by atoms with Crippen LogP contribution in [-0.4, -0.2) is 61.3 Å². The first kappa shape index (κ1) is 15.8. The molecule has 1 aromatic carbocycles. The summed E-state index contributed by atoms with van der Waals surface area (Å²) in [5, 5.41) is 11.9. The number of carbonyl (C=O) groups excluding carboxylic acids is 1. The van der Waals surface area contributed by atoms with Crippen molar-refractivity contribution in [3.8, 4) is 6.07 Å². The lowest BCUT2D eigenvalue weighted by Gasteiger charge is -2.35. The molecule has 0 aliphatic carbocycles. The highest BCUT2D eigenvalue weighted by Crippen LogP contribution is 2.16. The van der Waals surface area contributed by atoms with Crippen LogP contribution < -0.4 is 5.32 Å². The Labute approximate surface area is 136 Å². The van der Waals surface area contributed by atoms with E-state index in [0.717, 1.165) is 39.1 Å². The van der Waals surface area contributed by atoms with Gasteiger partial charge in [0.25, 0.3) is 0 Å². The number of ether oxygens (including phenoxy) is 1. The molecule has 1 atom stereocenters. The van der Waals surface area contributed by atoms with Crippen molar-refractivity contribution in [2.75, 3.05) is 44.6 Å². The first-order chi connectivity index (χ1) is 11.3. The lowest BCUT2D eigenvalue weighted by atomic mass is 10.2. The van der Waals surface area contributed by atoms with Gasteiger partial charge in [0, 0.05) is 39.3 Å². The van der Waals surface area contributed by atoms with Gasteiger partial charge in [0.1, 0.15) is 6.07 Å². The molecular weight excluding hydrogens is 292 g/mol. The zero-order valence-electron chi connectivity index (χ0n) is 13.2. The Morgan fingerprint density at radius 2 is 2.09 bits per heavy atom. The van der Waals surface area contributed by atoms with Gasteiger partial charge in [-0.1, -0.05) is 12.1 Å². The van der Waals surface area contributed by atoms with E-state index in [1.54, 1.807) is 23.1 Å². The fourth-order valence-corrected chi connectivity index (χ4v) is 3.09. The summed E-state index contributed by atoms with van der Waals surface area (Å²) >= 11 is 0. The van der Waals surface area contributed by atoms with E-state index in [4.69, 9.17) is 10.00 Å². The van der Waals surface area contributed by atoms with E-state index in [1.165, 1.54) is 0 Å². The molecule has 2 saturated heterocycles. The molecule has 0 saturated carbocycles. The molecule has 23 heavy (non-hydrogen) atoms. The van der Waals surface area contributed by atoms with E-state index in [1.807, 2.05) is 6.07 Å². The normalized spacial score (nSPS) is 21.9. The van der Waals surface area contributed by atoms with Crippen LogP contribution >= 0.6 is 0 Å². The number of rotatable bonds is 3. The molecule has 0 spiro atoms. The third-order valence-electron chi connectivity index (χ3n) is 4.43. The van der Waals surface area contributed by atoms with Gasteiger partial charge in [0.2, 0.25) is 0 Å². The fraction of sp³-hybridized carbons (Fsp3) is 0.529. The SMILES string of the molecule is N#Cc1ccccc1NC(=O)N1CCN(CC2CCCO2)CC1.